The largest absolute Gasteiger partial charge is 0.309 e. The number of thiophene rings is 1. The van der Waals surface area contributed by atoms with E-state index in [9.17, 15) is 4.79 Å². The van der Waals surface area contributed by atoms with E-state index in [-0.39, 0.29) is 5.56 Å². The zero-order valence-electron chi connectivity index (χ0n) is 17.0. The number of nitrogens with one attached hydrogen (secondary N) is 1. The molecule has 5 aromatic rings. The van der Waals surface area contributed by atoms with Gasteiger partial charge < -0.3 is 4.98 Å². The number of nitrogens with zero attached hydrogens (tertiary/aromatic N) is 4. The first-order valence-corrected chi connectivity index (χ1v) is 11.6. The minimum absolute atomic E-state index is 0.114. The molecule has 1 N–H and O–H groups in total. The standard InChI is InChI=1S/C23H19N5OS2/c1-14-7-6-10-17(11-14)28-15(2)26-27-23(28)31-13-19-24-21(29)20-18(12-30-22(20)25-19)16-8-4-3-5-9-16/h3-12H,13H2,1-2H3,(H,24,25,29). The number of hydrogen-bond donors (Lipinski definition) is 1. The van der Waals surface area contributed by atoms with Gasteiger partial charge in [0.1, 0.15) is 16.5 Å². The van der Waals surface area contributed by atoms with Crippen LogP contribution >= 0.6 is 23.1 Å². The van der Waals surface area contributed by atoms with Crippen LogP contribution in [0.4, 0.5) is 0 Å². The summed E-state index contributed by atoms with van der Waals surface area (Å²) in [6, 6.07) is 18.1. The molecule has 0 unspecified atom stereocenters. The number of aromatic amines is 1. The molecule has 0 saturated carbocycles. The average Bonchev–Trinajstić information content (AvgIpc) is 3.36. The molecule has 0 fully saturated rings. The number of aromatic nitrogens is 5. The number of aryl methyl sites for hydroxylation is 2. The minimum Gasteiger partial charge on any atom is -0.309 e. The van der Waals surface area contributed by atoms with Crippen molar-refractivity contribution < 1.29 is 0 Å². The van der Waals surface area contributed by atoms with Gasteiger partial charge in [0.15, 0.2) is 5.16 Å². The Labute approximate surface area is 187 Å². The van der Waals surface area contributed by atoms with Crippen molar-refractivity contribution in [3.8, 4) is 16.8 Å². The molecule has 0 amide bonds. The van der Waals surface area contributed by atoms with Crippen molar-refractivity contribution >= 4 is 33.3 Å². The summed E-state index contributed by atoms with van der Waals surface area (Å²) >= 11 is 2.99. The lowest BCUT2D eigenvalue weighted by atomic mass is 10.1. The van der Waals surface area contributed by atoms with Crippen LogP contribution in [-0.4, -0.2) is 24.7 Å². The Morgan fingerprint density at radius 2 is 1.90 bits per heavy atom. The van der Waals surface area contributed by atoms with Gasteiger partial charge in [-0.1, -0.05) is 54.2 Å². The summed E-state index contributed by atoms with van der Waals surface area (Å²) in [5, 5.41) is 12.0. The molecule has 0 radical (unpaired) electrons. The number of H-pyrrole nitrogens is 1. The summed E-state index contributed by atoms with van der Waals surface area (Å²) < 4.78 is 2.02. The van der Waals surface area contributed by atoms with Crippen LogP contribution in [-0.2, 0) is 5.75 Å². The van der Waals surface area contributed by atoms with E-state index in [4.69, 9.17) is 4.98 Å². The first-order valence-electron chi connectivity index (χ1n) is 9.78. The van der Waals surface area contributed by atoms with Crippen molar-refractivity contribution in [1.82, 2.24) is 24.7 Å². The highest BCUT2D eigenvalue weighted by Crippen LogP contribution is 2.31. The van der Waals surface area contributed by atoms with Crippen LogP contribution in [0.5, 0.6) is 0 Å². The van der Waals surface area contributed by atoms with Crippen LogP contribution in [0.2, 0.25) is 0 Å². The lowest BCUT2D eigenvalue weighted by Gasteiger charge is -2.09. The Morgan fingerprint density at radius 3 is 2.71 bits per heavy atom. The highest BCUT2D eigenvalue weighted by atomic mass is 32.2. The molecule has 6 nitrogen and oxygen atoms in total. The maximum absolute atomic E-state index is 12.9. The normalized spacial score (nSPS) is 11.3. The predicted octanol–water partition coefficient (Wildman–Crippen LogP) is 5.14. The Hall–Kier alpha value is -3.23. The first kappa shape index (κ1) is 19.7. The fourth-order valence-electron chi connectivity index (χ4n) is 3.53. The van der Waals surface area contributed by atoms with Gasteiger partial charge >= 0.3 is 0 Å². The molecule has 0 saturated heterocycles. The molecule has 8 heteroatoms. The van der Waals surface area contributed by atoms with Crippen LogP contribution in [0.15, 0.2) is 69.9 Å². The Kier molecular flexibility index (Phi) is 5.17. The first-order chi connectivity index (χ1) is 15.1. The summed E-state index contributed by atoms with van der Waals surface area (Å²) in [7, 11) is 0. The Bertz CT molecular complexity index is 1440. The van der Waals surface area contributed by atoms with Crippen molar-refractivity contribution in [2.45, 2.75) is 24.8 Å². The molecule has 0 aliphatic rings. The van der Waals surface area contributed by atoms with Crippen molar-refractivity contribution in [1.29, 1.82) is 0 Å². The summed E-state index contributed by atoms with van der Waals surface area (Å²) in [5.41, 5.74) is 4.02. The second-order valence-corrected chi connectivity index (χ2v) is 9.00. The molecule has 0 aliphatic heterocycles. The molecule has 0 atom stereocenters. The van der Waals surface area contributed by atoms with Gasteiger partial charge in [0.05, 0.1) is 11.1 Å². The maximum Gasteiger partial charge on any atom is 0.260 e. The van der Waals surface area contributed by atoms with E-state index >= 15 is 0 Å². The molecule has 31 heavy (non-hydrogen) atoms. The fourth-order valence-corrected chi connectivity index (χ4v) is 5.36. The van der Waals surface area contributed by atoms with Crippen molar-refractivity contribution in [2.24, 2.45) is 0 Å². The molecule has 0 spiro atoms. The number of benzene rings is 2. The zero-order chi connectivity index (χ0) is 21.4. The van der Waals surface area contributed by atoms with Crippen LogP contribution in [0.3, 0.4) is 0 Å². The topological polar surface area (TPSA) is 76.5 Å². The average molecular weight is 446 g/mol. The summed E-state index contributed by atoms with van der Waals surface area (Å²) in [5.74, 6) is 1.93. The highest BCUT2D eigenvalue weighted by Gasteiger charge is 2.15. The minimum atomic E-state index is -0.114. The predicted molar refractivity (Wildman–Crippen MR) is 126 cm³/mol. The summed E-state index contributed by atoms with van der Waals surface area (Å²) in [4.78, 5) is 21.3. The molecule has 3 aromatic heterocycles. The van der Waals surface area contributed by atoms with Gasteiger partial charge in [0.25, 0.3) is 5.56 Å². The lowest BCUT2D eigenvalue weighted by Crippen LogP contribution is -2.11. The Balaban J connectivity index is 1.45. The van der Waals surface area contributed by atoms with Gasteiger partial charge in [0, 0.05) is 16.6 Å². The molecule has 2 aromatic carbocycles. The van der Waals surface area contributed by atoms with Gasteiger partial charge in [-0.2, -0.15) is 0 Å². The monoisotopic (exact) mass is 445 g/mol. The maximum atomic E-state index is 12.9. The quantitative estimate of drug-likeness (QED) is 0.379. The highest BCUT2D eigenvalue weighted by molar-refractivity contribution is 7.98. The lowest BCUT2D eigenvalue weighted by molar-refractivity contribution is 0.865. The van der Waals surface area contributed by atoms with Gasteiger partial charge in [0.2, 0.25) is 0 Å². The van der Waals surface area contributed by atoms with Crippen LogP contribution in [0.1, 0.15) is 17.2 Å². The smallest absolute Gasteiger partial charge is 0.260 e. The molecular formula is C23H19N5OS2. The molecule has 3 heterocycles. The van der Waals surface area contributed by atoms with E-state index in [1.165, 1.54) is 28.7 Å². The van der Waals surface area contributed by atoms with Gasteiger partial charge in [-0.05, 0) is 37.1 Å². The molecule has 5 rings (SSSR count). The van der Waals surface area contributed by atoms with E-state index < -0.39 is 0 Å². The van der Waals surface area contributed by atoms with Crippen molar-refractivity contribution in [2.75, 3.05) is 0 Å². The van der Waals surface area contributed by atoms with Crippen molar-refractivity contribution in [3.63, 3.8) is 0 Å². The molecule has 0 aliphatic carbocycles. The van der Waals surface area contributed by atoms with E-state index in [0.29, 0.717) is 17.0 Å². The number of rotatable bonds is 5. The zero-order valence-corrected chi connectivity index (χ0v) is 18.6. The Morgan fingerprint density at radius 1 is 1.06 bits per heavy atom. The van der Waals surface area contributed by atoms with E-state index in [0.717, 1.165) is 32.6 Å². The van der Waals surface area contributed by atoms with Gasteiger partial charge in [-0.3, -0.25) is 9.36 Å². The van der Waals surface area contributed by atoms with Crippen LogP contribution in [0.25, 0.3) is 27.0 Å². The fraction of sp³-hybridized carbons (Fsp3) is 0.130. The van der Waals surface area contributed by atoms with Crippen LogP contribution < -0.4 is 5.56 Å². The number of thioether (sulfide) groups is 1. The van der Waals surface area contributed by atoms with Gasteiger partial charge in [-0.25, -0.2) is 4.98 Å². The molecule has 0 bridgehead atoms. The second-order valence-electron chi connectivity index (χ2n) is 7.20. The van der Waals surface area contributed by atoms with Gasteiger partial charge in [-0.15, -0.1) is 21.5 Å². The number of hydrogen-bond acceptors (Lipinski definition) is 6. The number of fused-ring (bicyclic) bond motifs is 1. The third kappa shape index (κ3) is 3.80. The molecule has 154 valence electrons. The second kappa shape index (κ2) is 8.13. The van der Waals surface area contributed by atoms with Crippen LogP contribution in [0, 0.1) is 13.8 Å². The van der Waals surface area contributed by atoms with E-state index in [2.05, 4.69) is 34.2 Å². The third-order valence-corrected chi connectivity index (χ3v) is 6.78. The van der Waals surface area contributed by atoms with E-state index in [1.807, 2.05) is 59.3 Å². The summed E-state index contributed by atoms with van der Waals surface area (Å²) in [6.07, 6.45) is 0. The van der Waals surface area contributed by atoms with E-state index in [1.54, 1.807) is 0 Å². The third-order valence-electron chi connectivity index (χ3n) is 4.97. The molecular weight excluding hydrogens is 426 g/mol. The van der Waals surface area contributed by atoms with Crippen molar-refractivity contribution in [3.05, 3.63) is 87.5 Å². The summed E-state index contributed by atoms with van der Waals surface area (Å²) in [6.45, 7) is 3.99. The SMILES string of the molecule is Cc1cccc(-n2c(C)nnc2SCc2nc3scc(-c4ccccc4)c3c(=O)[nH]2)c1.